The molecule has 0 saturated heterocycles. The van der Waals surface area contributed by atoms with Crippen LogP contribution in [0, 0.1) is 0 Å². The Kier molecular flexibility index (Phi) is 5.27. The van der Waals surface area contributed by atoms with Gasteiger partial charge in [0.05, 0.1) is 16.4 Å². The number of anilines is 1. The summed E-state index contributed by atoms with van der Waals surface area (Å²) in [7, 11) is 0. The van der Waals surface area contributed by atoms with Crippen molar-refractivity contribution in [1.29, 1.82) is 0 Å². The molecular formula is C19H20N4O2S2. The van der Waals surface area contributed by atoms with Crippen molar-refractivity contribution in [3.63, 3.8) is 0 Å². The van der Waals surface area contributed by atoms with Crippen LogP contribution in [-0.2, 0) is 23.4 Å². The molecule has 1 aliphatic rings. The number of aryl methyl sites for hydroxylation is 2. The molecule has 0 fully saturated rings. The summed E-state index contributed by atoms with van der Waals surface area (Å²) < 4.78 is 0. The van der Waals surface area contributed by atoms with Gasteiger partial charge in [-0.25, -0.2) is 9.97 Å². The average molecular weight is 401 g/mol. The summed E-state index contributed by atoms with van der Waals surface area (Å²) in [6, 6.07) is 5.38. The Morgan fingerprint density at radius 2 is 2.22 bits per heavy atom. The first-order chi connectivity index (χ1) is 13.1. The third kappa shape index (κ3) is 3.91. The predicted octanol–water partition coefficient (Wildman–Crippen LogP) is 3.52. The van der Waals surface area contributed by atoms with Crippen LogP contribution in [0.3, 0.4) is 0 Å². The molecule has 1 atom stereocenters. The number of hydrogen-bond donors (Lipinski definition) is 2. The molecule has 3 heterocycles. The van der Waals surface area contributed by atoms with Gasteiger partial charge in [-0.3, -0.25) is 9.59 Å². The molecule has 0 unspecified atom stereocenters. The van der Waals surface area contributed by atoms with E-state index in [0.29, 0.717) is 17.4 Å². The van der Waals surface area contributed by atoms with Crippen LogP contribution in [0.1, 0.15) is 36.0 Å². The number of H-pyrrole nitrogens is 1. The molecule has 3 aromatic heterocycles. The maximum absolute atomic E-state index is 12.6. The van der Waals surface area contributed by atoms with Crippen molar-refractivity contribution >= 4 is 45.0 Å². The van der Waals surface area contributed by atoms with Crippen LogP contribution in [0.4, 0.5) is 5.82 Å². The number of aromatic amines is 1. The molecular weight excluding hydrogens is 380 g/mol. The normalized spacial score (nSPS) is 14.7. The maximum atomic E-state index is 12.6. The number of aromatic nitrogens is 3. The van der Waals surface area contributed by atoms with Gasteiger partial charge in [-0.15, -0.1) is 23.1 Å². The Morgan fingerprint density at radius 1 is 1.37 bits per heavy atom. The standard InChI is InChI=1S/C19H20N4O2S2/c1-11(17(24)21-14-8-4-5-9-20-14)26-10-15-22-18(25)16-12-6-2-3-7-13(12)27-19(16)23-15/h4-5,8-9,11H,2-3,6-7,10H2,1H3,(H,20,21,24)(H,22,23,25)/t11-/m1/s1. The highest BCUT2D eigenvalue weighted by Crippen LogP contribution is 2.33. The van der Waals surface area contributed by atoms with Gasteiger partial charge in [0.1, 0.15) is 16.5 Å². The van der Waals surface area contributed by atoms with Crippen molar-refractivity contribution in [2.45, 2.75) is 43.6 Å². The van der Waals surface area contributed by atoms with Crippen LogP contribution in [0.5, 0.6) is 0 Å². The molecule has 8 heteroatoms. The fourth-order valence-corrected chi connectivity index (χ4v) is 5.26. The van der Waals surface area contributed by atoms with Gasteiger partial charge >= 0.3 is 0 Å². The average Bonchev–Trinajstić information content (AvgIpc) is 3.05. The van der Waals surface area contributed by atoms with E-state index in [-0.39, 0.29) is 16.7 Å². The Balaban J connectivity index is 1.45. The van der Waals surface area contributed by atoms with E-state index in [9.17, 15) is 9.59 Å². The van der Waals surface area contributed by atoms with Crippen LogP contribution < -0.4 is 10.9 Å². The Morgan fingerprint density at radius 3 is 3.04 bits per heavy atom. The molecule has 3 aromatic rings. The molecule has 0 radical (unpaired) electrons. The van der Waals surface area contributed by atoms with E-state index in [1.54, 1.807) is 29.7 Å². The van der Waals surface area contributed by atoms with Crippen molar-refractivity contribution in [2.24, 2.45) is 0 Å². The molecule has 6 nitrogen and oxygen atoms in total. The van der Waals surface area contributed by atoms with Crippen molar-refractivity contribution in [3.8, 4) is 0 Å². The number of nitrogens with one attached hydrogen (secondary N) is 2. The SMILES string of the molecule is C[C@@H](SCc1nc2sc3c(c2c(=O)[nH]1)CCCC3)C(=O)Nc1ccccn1. The first kappa shape index (κ1) is 18.2. The Hall–Kier alpha value is -2.19. The summed E-state index contributed by atoms with van der Waals surface area (Å²) >= 11 is 3.08. The topological polar surface area (TPSA) is 87.7 Å². The number of hydrogen-bond acceptors (Lipinski definition) is 6. The number of thiophene rings is 1. The minimum absolute atomic E-state index is 0.0550. The van der Waals surface area contributed by atoms with Crippen LogP contribution >= 0.6 is 23.1 Å². The summed E-state index contributed by atoms with van der Waals surface area (Å²) in [5, 5.41) is 3.27. The van der Waals surface area contributed by atoms with Crippen molar-refractivity contribution in [2.75, 3.05) is 5.32 Å². The highest BCUT2D eigenvalue weighted by atomic mass is 32.2. The summed E-state index contributed by atoms with van der Waals surface area (Å²) in [6.45, 7) is 1.84. The minimum Gasteiger partial charge on any atom is -0.310 e. The van der Waals surface area contributed by atoms with E-state index in [2.05, 4.69) is 20.3 Å². The number of thioether (sulfide) groups is 1. The van der Waals surface area contributed by atoms with Crippen LogP contribution in [0.2, 0.25) is 0 Å². The molecule has 0 aromatic carbocycles. The second kappa shape index (κ2) is 7.82. The lowest BCUT2D eigenvalue weighted by atomic mass is 9.97. The van der Waals surface area contributed by atoms with Crippen molar-refractivity contribution < 1.29 is 4.79 Å². The molecule has 0 saturated carbocycles. The number of carbonyl (C=O) groups is 1. The molecule has 0 aliphatic heterocycles. The van der Waals surface area contributed by atoms with Crippen molar-refractivity contribution in [1.82, 2.24) is 15.0 Å². The van der Waals surface area contributed by atoms with Gasteiger partial charge in [-0.05, 0) is 50.3 Å². The number of rotatable bonds is 5. The maximum Gasteiger partial charge on any atom is 0.259 e. The van der Waals surface area contributed by atoms with E-state index >= 15 is 0 Å². The van der Waals surface area contributed by atoms with Gasteiger partial charge in [0.15, 0.2) is 0 Å². The Bertz CT molecular complexity index is 1030. The van der Waals surface area contributed by atoms with Gasteiger partial charge in [-0.1, -0.05) is 6.07 Å². The highest BCUT2D eigenvalue weighted by Gasteiger charge is 2.20. The second-order valence-corrected chi connectivity index (χ2v) is 8.97. The van der Waals surface area contributed by atoms with E-state index in [0.717, 1.165) is 29.5 Å². The third-order valence-electron chi connectivity index (χ3n) is 4.63. The molecule has 2 N–H and O–H groups in total. The predicted molar refractivity (Wildman–Crippen MR) is 111 cm³/mol. The molecule has 0 bridgehead atoms. The first-order valence-corrected chi connectivity index (χ1v) is 10.9. The largest absolute Gasteiger partial charge is 0.310 e. The molecule has 0 spiro atoms. The molecule has 4 rings (SSSR count). The number of carbonyl (C=O) groups excluding carboxylic acids is 1. The minimum atomic E-state index is -0.287. The lowest BCUT2D eigenvalue weighted by Crippen LogP contribution is -2.23. The lowest BCUT2D eigenvalue weighted by Gasteiger charge is -2.11. The number of nitrogens with zero attached hydrogens (tertiary/aromatic N) is 2. The smallest absolute Gasteiger partial charge is 0.259 e. The zero-order valence-electron chi connectivity index (χ0n) is 14.9. The summed E-state index contributed by atoms with van der Waals surface area (Å²) in [6.07, 6.45) is 5.98. The van der Waals surface area contributed by atoms with Crippen molar-refractivity contribution in [3.05, 3.63) is 51.0 Å². The van der Waals surface area contributed by atoms with E-state index in [1.165, 1.54) is 28.6 Å². The molecule has 27 heavy (non-hydrogen) atoms. The van der Waals surface area contributed by atoms with Crippen LogP contribution in [0.15, 0.2) is 29.2 Å². The Labute approximate surface area is 164 Å². The zero-order valence-corrected chi connectivity index (χ0v) is 16.6. The third-order valence-corrected chi connectivity index (χ3v) is 6.97. The second-order valence-electron chi connectivity index (χ2n) is 6.56. The van der Waals surface area contributed by atoms with Gasteiger partial charge in [0, 0.05) is 11.1 Å². The summed E-state index contributed by atoms with van der Waals surface area (Å²) in [5.74, 6) is 1.51. The van der Waals surface area contributed by atoms with E-state index in [4.69, 9.17) is 0 Å². The van der Waals surface area contributed by atoms with Gasteiger partial charge in [0.2, 0.25) is 5.91 Å². The fourth-order valence-electron chi connectivity index (χ4n) is 3.22. The number of pyridine rings is 1. The van der Waals surface area contributed by atoms with Gasteiger partial charge in [-0.2, -0.15) is 0 Å². The van der Waals surface area contributed by atoms with Crippen LogP contribution in [0.25, 0.3) is 10.2 Å². The van der Waals surface area contributed by atoms with Gasteiger partial charge < -0.3 is 10.3 Å². The van der Waals surface area contributed by atoms with E-state index < -0.39 is 0 Å². The lowest BCUT2D eigenvalue weighted by molar-refractivity contribution is -0.115. The van der Waals surface area contributed by atoms with Gasteiger partial charge in [0.25, 0.3) is 5.56 Å². The van der Waals surface area contributed by atoms with Crippen LogP contribution in [-0.4, -0.2) is 26.1 Å². The summed E-state index contributed by atoms with van der Waals surface area (Å²) in [5.41, 5.74) is 1.14. The fraction of sp³-hybridized carbons (Fsp3) is 0.368. The molecule has 140 valence electrons. The highest BCUT2D eigenvalue weighted by molar-refractivity contribution is 7.99. The van der Waals surface area contributed by atoms with E-state index in [1.807, 2.05) is 13.0 Å². The quantitative estimate of drug-likeness (QED) is 0.684. The zero-order chi connectivity index (χ0) is 18.8. The monoisotopic (exact) mass is 400 g/mol. The molecule has 1 aliphatic carbocycles. The number of fused-ring (bicyclic) bond motifs is 3. The number of amides is 1. The summed E-state index contributed by atoms with van der Waals surface area (Å²) in [4.78, 5) is 38.6. The first-order valence-electron chi connectivity index (χ1n) is 8.99. The molecule has 1 amide bonds.